The highest BCUT2D eigenvalue weighted by atomic mass is 35.5. The zero-order valence-electron chi connectivity index (χ0n) is 5.91. The number of fused-ring (bicyclic) bond motifs is 1. The van der Waals surface area contributed by atoms with Gasteiger partial charge in [0.05, 0.1) is 15.8 Å². The van der Waals surface area contributed by atoms with Crippen molar-refractivity contribution >= 4 is 33.2 Å². The molecule has 0 radical (unpaired) electrons. The topological polar surface area (TPSA) is 36.7 Å². The molecule has 0 aliphatic carbocycles. The summed E-state index contributed by atoms with van der Waals surface area (Å²) in [5.74, 6) is 0. The average molecular weight is 195 g/mol. The Labute approximate surface area is 78.0 Å². The van der Waals surface area contributed by atoms with Crippen molar-refractivity contribution in [2.24, 2.45) is 0 Å². The van der Waals surface area contributed by atoms with Crippen LogP contribution >= 0.6 is 22.9 Å². The van der Waals surface area contributed by atoms with E-state index in [2.05, 4.69) is 4.98 Å². The number of nitrogens with zero attached hydrogens (tertiary/aromatic N) is 2. The van der Waals surface area contributed by atoms with Crippen molar-refractivity contribution < 1.29 is 0 Å². The van der Waals surface area contributed by atoms with Gasteiger partial charge in [-0.2, -0.15) is 5.26 Å². The second kappa shape index (κ2) is 2.74. The second-order valence-corrected chi connectivity index (χ2v) is 3.55. The fraction of sp³-hybridized carbons (Fsp3) is 0. The van der Waals surface area contributed by atoms with Crippen LogP contribution in [0.2, 0.25) is 5.15 Å². The van der Waals surface area contributed by atoms with Crippen LogP contribution in [0.3, 0.4) is 0 Å². The normalized spacial score (nSPS) is 10.0. The van der Waals surface area contributed by atoms with Crippen molar-refractivity contribution in [3.63, 3.8) is 0 Å². The molecule has 0 amide bonds. The first-order valence-electron chi connectivity index (χ1n) is 3.25. The van der Waals surface area contributed by atoms with Crippen LogP contribution < -0.4 is 0 Å². The molecule has 0 saturated heterocycles. The molecule has 12 heavy (non-hydrogen) atoms. The zero-order chi connectivity index (χ0) is 8.55. The highest BCUT2D eigenvalue weighted by molar-refractivity contribution is 7.17. The predicted molar refractivity (Wildman–Crippen MR) is 49.3 cm³/mol. The monoisotopic (exact) mass is 194 g/mol. The molecule has 0 aliphatic rings. The van der Waals surface area contributed by atoms with Crippen LogP contribution in [0.25, 0.3) is 10.2 Å². The standard InChI is InChI=1S/C8H3ClN2S/c9-8-5(4-10)3-7-6(11-8)1-2-12-7/h1-3H. The molecule has 0 saturated carbocycles. The summed E-state index contributed by atoms with van der Waals surface area (Å²) in [4.78, 5) is 4.06. The number of nitriles is 1. The van der Waals surface area contributed by atoms with E-state index in [1.165, 1.54) is 0 Å². The lowest BCUT2D eigenvalue weighted by Gasteiger charge is -1.92. The molecule has 0 aliphatic heterocycles. The third-order valence-corrected chi connectivity index (χ3v) is 2.65. The van der Waals surface area contributed by atoms with Crippen LogP contribution in [0, 0.1) is 11.3 Å². The summed E-state index contributed by atoms with van der Waals surface area (Å²) in [7, 11) is 0. The SMILES string of the molecule is N#Cc1cc2sccc2nc1Cl. The molecular formula is C8H3ClN2S. The van der Waals surface area contributed by atoms with Gasteiger partial charge in [0.25, 0.3) is 0 Å². The molecule has 2 heterocycles. The highest BCUT2D eigenvalue weighted by Gasteiger charge is 2.03. The Hall–Kier alpha value is -1.11. The van der Waals surface area contributed by atoms with E-state index in [1.54, 1.807) is 17.4 Å². The Balaban J connectivity index is 2.84. The Bertz CT molecular complexity index is 469. The van der Waals surface area contributed by atoms with Gasteiger partial charge in [0.2, 0.25) is 0 Å². The largest absolute Gasteiger partial charge is 0.234 e. The zero-order valence-corrected chi connectivity index (χ0v) is 7.49. The smallest absolute Gasteiger partial charge is 0.147 e. The first-order chi connectivity index (χ1) is 5.81. The van der Waals surface area contributed by atoms with Gasteiger partial charge >= 0.3 is 0 Å². The first-order valence-corrected chi connectivity index (χ1v) is 4.51. The van der Waals surface area contributed by atoms with Crippen LogP contribution in [0.15, 0.2) is 17.5 Å². The van der Waals surface area contributed by atoms with E-state index in [9.17, 15) is 0 Å². The van der Waals surface area contributed by atoms with E-state index in [4.69, 9.17) is 16.9 Å². The number of aromatic nitrogens is 1. The Morgan fingerprint density at radius 3 is 3.17 bits per heavy atom. The minimum atomic E-state index is 0.281. The molecule has 0 N–H and O–H groups in total. The van der Waals surface area contributed by atoms with Crippen LogP contribution in [-0.4, -0.2) is 4.98 Å². The van der Waals surface area contributed by atoms with Gasteiger partial charge in [-0.3, -0.25) is 0 Å². The summed E-state index contributed by atoms with van der Waals surface area (Å²) >= 11 is 7.28. The fourth-order valence-corrected chi connectivity index (χ4v) is 1.90. The van der Waals surface area contributed by atoms with Gasteiger partial charge in [-0.05, 0) is 17.5 Å². The van der Waals surface area contributed by atoms with Gasteiger partial charge in [-0.15, -0.1) is 11.3 Å². The molecule has 0 aromatic carbocycles. The minimum Gasteiger partial charge on any atom is -0.234 e. The summed E-state index contributed by atoms with van der Waals surface area (Å²) < 4.78 is 0.996. The summed E-state index contributed by atoms with van der Waals surface area (Å²) in [5.41, 5.74) is 1.29. The van der Waals surface area contributed by atoms with E-state index in [1.807, 2.05) is 17.5 Å². The molecule has 4 heteroatoms. The maximum atomic E-state index is 8.65. The average Bonchev–Trinajstić information content (AvgIpc) is 2.49. The maximum Gasteiger partial charge on any atom is 0.147 e. The van der Waals surface area contributed by atoms with Crippen LogP contribution in [-0.2, 0) is 0 Å². The van der Waals surface area contributed by atoms with E-state index in [-0.39, 0.29) is 5.15 Å². The lowest BCUT2D eigenvalue weighted by atomic mass is 10.3. The third-order valence-electron chi connectivity index (χ3n) is 1.51. The molecule has 2 rings (SSSR count). The van der Waals surface area contributed by atoms with Gasteiger partial charge in [-0.1, -0.05) is 11.6 Å². The van der Waals surface area contributed by atoms with Crippen molar-refractivity contribution in [3.8, 4) is 6.07 Å². The molecule has 0 unspecified atom stereocenters. The Morgan fingerprint density at radius 1 is 1.58 bits per heavy atom. The van der Waals surface area contributed by atoms with Gasteiger partial charge in [0.1, 0.15) is 11.2 Å². The molecule has 0 atom stereocenters. The van der Waals surface area contributed by atoms with Crippen molar-refractivity contribution in [1.82, 2.24) is 4.98 Å². The second-order valence-electron chi connectivity index (χ2n) is 2.24. The van der Waals surface area contributed by atoms with Crippen molar-refractivity contribution in [3.05, 3.63) is 28.2 Å². The summed E-state index contributed by atoms with van der Waals surface area (Å²) in [5, 5.41) is 10.9. The molecule has 58 valence electrons. The highest BCUT2D eigenvalue weighted by Crippen LogP contribution is 2.23. The minimum absolute atomic E-state index is 0.281. The van der Waals surface area contributed by atoms with Gasteiger partial charge < -0.3 is 0 Å². The van der Waals surface area contributed by atoms with Crippen LogP contribution in [0.5, 0.6) is 0 Å². The molecule has 2 aromatic rings. The number of hydrogen-bond acceptors (Lipinski definition) is 3. The lowest BCUT2D eigenvalue weighted by Crippen LogP contribution is -1.80. The van der Waals surface area contributed by atoms with E-state index in [0.717, 1.165) is 10.2 Å². The lowest BCUT2D eigenvalue weighted by molar-refractivity contribution is 1.38. The van der Waals surface area contributed by atoms with Gasteiger partial charge in [0.15, 0.2) is 0 Å². The number of thiophene rings is 1. The molecule has 0 bridgehead atoms. The Morgan fingerprint density at radius 2 is 2.42 bits per heavy atom. The third kappa shape index (κ3) is 1.06. The first kappa shape index (κ1) is 7.53. The van der Waals surface area contributed by atoms with E-state index >= 15 is 0 Å². The number of rotatable bonds is 0. The van der Waals surface area contributed by atoms with Crippen molar-refractivity contribution in [1.29, 1.82) is 5.26 Å². The van der Waals surface area contributed by atoms with Crippen LogP contribution in [0.1, 0.15) is 5.56 Å². The van der Waals surface area contributed by atoms with Gasteiger partial charge in [0, 0.05) is 0 Å². The summed E-state index contributed by atoms with van der Waals surface area (Å²) in [6.45, 7) is 0. The van der Waals surface area contributed by atoms with Gasteiger partial charge in [-0.25, -0.2) is 4.98 Å². The molecular weight excluding hydrogens is 192 g/mol. The fourth-order valence-electron chi connectivity index (χ4n) is 0.950. The van der Waals surface area contributed by atoms with E-state index in [0.29, 0.717) is 5.56 Å². The molecule has 2 aromatic heterocycles. The number of hydrogen-bond donors (Lipinski definition) is 0. The molecule has 0 fully saturated rings. The molecule has 0 spiro atoms. The maximum absolute atomic E-state index is 8.65. The van der Waals surface area contributed by atoms with E-state index < -0.39 is 0 Å². The number of halogens is 1. The summed E-state index contributed by atoms with van der Waals surface area (Å²) in [6, 6.07) is 5.63. The summed E-state index contributed by atoms with van der Waals surface area (Å²) in [6.07, 6.45) is 0. The van der Waals surface area contributed by atoms with Crippen LogP contribution in [0.4, 0.5) is 0 Å². The predicted octanol–water partition coefficient (Wildman–Crippen LogP) is 2.82. The van der Waals surface area contributed by atoms with Crippen molar-refractivity contribution in [2.75, 3.05) is 0 Å². The number of pyridine rings is 1. The Kier molecular flexibility index (Phi) is 1.72. The van der Waals surface area contributed by atoms with Crippen molar-refractivity contribution in [2.45, 2.75) is 0 Å². The molecule has 2 nitrogen and oxygen atoms in total. The quantitative estimate of drug-likeness (QED) is 0.605.